The molecule has 3 N–H and O–H groups in total. The SMILES string of the molecule is Cc1cc(-c2ncnc3[nH]c(-c4ccc5c(n4)OCC54CCN(CC5CCN(c6ccc(N7CCC(=O)NC7=O)cc6)CC5)CC4)cc23)ccc1[C@@H](C)NC(=O)c1nc(C(C)(C)C)no1. The highest BCUT2D eigenvalue weighted by Gasteiger charge is 2.44. The van der Waals surface area contributed by atoms with Crippen LogP contribution in [0.1, 0.15) is 99.0 Å². The number of imide groups is 1. The molecule has 16 nitrogen and oxygen atoms in total. The number of nitrogens with zero attached hydrogens (tertiary/aromatic N) is 8. The van der Waals surface area contributed by atoms with Gasteiger partial charge in [-0.05, 0) is 112 Å². The summed E-state index contributed by atoms with van der Waals surface area (Å²) in [5.41, 5.74) is 8.91. The van der Waals surface area contributed by atoms with Crippen LogP contribution in [0, 0.1) is 12.8 Å². The molecule has 0 unspecified atom stereocenters. The van der Waals surface area contributed by atoms with E-state index in [-0.39, 0.29) is 34.7 Å². The number of H-pyrrole nitrogens is 1. The number of hydrogen-bond acceptors (Lipinski definition) is 12. The topological polar surface area (TPSA) is 188 Å². The van der Waals surface area contributed by atoms with Crippen molar-refractivity contribution in [2.75, 3.05) is 55.7 Å². The third kappa shape index (κ3) is 8.31. The maximum atomic E-state index is 13.0. The minimum Gasteiger partial charge on any atom is -0.476 e. The van der Waals surface area contributed by atoms with E-state index in [9.17, 15) is 14.4 Å². The third-order valence-electron chi connectivity index (χ3n) is 13.8. The van der Waals surface area contributed by atoms with E-state index >= 15 is 0 Å². The normalized spacial score (nSPS) is 18.5. The Morgan fingerprint density at radius 2 is 1.71 bits per heavy atom. The first-order valence-corrected chi connectivity index (χ1v) is 22.7. The van der Waals surface area contributed by atoms with Crippen LogP contribution in [0.5, 0.6) is 5.88 Å². The summed E-state index contributed by atoms with van der Waals surface area (Å²) < 4.78 is 11.6. The first-order chi connectivity index (χ1) is 31.3. The predicted octanol–water partition coefficient (Wildman–Crippen LogP) is 7.26. The molecule has 4 aromatic heterocycles. The van der Waals surface area contributed by atoms with Crippen molar-refractivity contribution in [1.82, 2.24) is 45.6 Å². The van der Waals surface area contributed by atoms with Crippen LogP contribution in [0.15, 0.2) is 71.5 Å². The Labute approximate surface area is 377 Å². The van der Waals surface area contributed by atoms with Gasteiger partial charge < -0.3 is 29.4 Å². The maximum absolute atomic E-state index is 13.0. The molecule has 3 saturated heterocycles. The predicted molar refractivity (Wildman–Crippen MR) is 246 cm³/mol. The zero-order valence-electron chi connectivity index (χ0n) is 37.6. The van der Waals surface area contributed by atoms with Crippen LogP contribution in [0.25, 0.3) is 33.7 Å². The van der Waals surface area contributed by atoms with Gasteiger partial charge in [0.25, 0.3) is 0 Å². The first-order valence-electron chi connectivity index (χ1n) is 22.7. The number of anilines is 2. The Morgan fingerprint density at radius 3 is 2.43 bits per heavy atom. The Kier molecular flexibility index (Phi) is 10.9. The monoisotopic (exact) mass is 877 g/mol. The number of likely N-dealkylation sites (tertiary alicyclic amines) is 1. The highest BCUT2D eigenvalue weighted by Crippen LogP contribution is 2.46. The molecule has 0 radical (unpaired) electrons. The van der Waals surface area contributed by atoms with Gasteiger partial charge in [0.1, 0.15) is 12.0 Å². The van der Waals surface area contributed by atoms with Crippen LogP contribution < -0.4 is 25.2 Å². The fourth-order valence-electron chi connectivity index (χ4n) is 9.93. The molecule has 4 amide bonds. The second kappa shape index (κ2) is 16.7. The minimum atomic E-state index is -0.415. The number of ether oxygens (including phenoxy) is 1. The molecule has 0 saturated carbocycles. The van der Waals surface area contributed by atoms with E-state index in [0.29, 0.717) is 31.3 Å². The van der Waals surface area contributed by atoms with Gasteiger partial charge >= 0.3 is 17.8 Å². The number of carbonyl (C=O) groups is 3. The van der Waals surface area contributed by atoms with Gasteiger partial charge in [-0.1, -0.05) is 44.1 Å². The number of pyridine rings is 1. The number of aromatic nitrogens is 6. The zero-order chi connectivity index (χ0) is 45.0. The van der Waals surface area contributed by atoms with Crippen molar-refractivity contribution in [1.29, 1.82) is 0 Å². The molecule has 0 aliphatic carbocycles. The van der Waals surface area contributed by atoms with Crippen molar-refractivity contribution in [3.8, 4) is 28.5 Å². The van der Waals surface area contributed by atoms with Crippen molar-refractivity contribution in [2.24, 2.45) is 5.92 Å². The summed E-state index contributed by atoms with van der Waals surface area (Å²) in [5, 5.41) is 10.3. The van der Waals surface area contributed by atoms with E-state index in [1.165, 1.54) is 11.3 Å². The maximum Gasteiger partial charge on any atom is 0.328 e. The molecule has 2 aromatic carbocycles. The second-order valence-corrected chi connectivity index (χ2v) is 19.2. The van der Waals surface area contributed by atoms with Gasteiger partial charge in [0.15, 0.2) is 5.82 Å². The number of fused-ring (bicyclic) bond motifs is 3. The molecule has 16 heteroatoms. The quantitative estimate of drug-likeness (QED) is 0.132. The third-order valence-corrected chi connectivity index (χ3v) is 13.8. The van der Waals surface area contributed by atoms with Gasteiger partial charge in [0, 0.05) is 71.3 Å². The number of nitrogens with one attached hydrogen (secondary N) is 3. The molecule has 3 fully saturated rings. The second-order valence-electron chi connectivity index (χ2n) is 19.2. The number of urea groups is 1. The lowest BCUT2D eigenvalue weighted by molar-refractivity contribution is -0.120. The summed E-state index contributed by atoms with van der Waals surface area (Å²) in [5.74, 6) is 1.17. The number of amides is 4. The van der Waals surface area contributed by atoms with Crippen LogP contribution in [-0.2, 0) is 15.6 Å². The van der Waals surface area contributed by atoms with Gasteiger partial charge in [-0.15, -0.1) is 0 Å². The van der Waals surface area contributed by atoms with Gasteiger partial charge in [0.2, 0.25) is 11.8 Å². The van der Waals surface area contributed by atoms with E-state index in [2.05, 4.69) is 76.9 Å². The fraction of sp³-hybridized carbons (Fsp3) is 0.429. The molecule has 4 aliphatic rings. The lowest BCUT2D eigenvalue weighted by Gasteiger charge is -2.41. The van der Waals surface area contributed by atoms with E-state index in [1.54, 1.807) is 11.2 Å². The molecule has 1 spiro atoms. The minimum absolute atomic E-state index is 0.0244. The highest BCUT2D eigenvalue weighted by molar-refractivity contribution is 6.05. The summed E-state index contributed by atoms with van der Waals surface area (Å²) in [6, 6.07) is 20.0. The highest BCUT2D eigenvalue weighted by atomic mass is 16.5. The molecule has 8 heterocycles. The number of piperidine rings is 2. The standard InChI is InChI=1S/C49H55N11O5/c1-29-24-32(6-11-35(29)30(2)52-43(62)45-56-46(57-65-45)48(3,4)5)41-36-25-39(53-42(36)51-28-50-41)38-13-12-37-44(54-38)64-27-49(37)17-22-58(23-18-49)26-31-14-19-59(20-15-31)33-7-9-34(10-8-33)60-21-16-40(61)55-47(60)63/h6-13,24-25,28,30-31H,14-23,26-27H2,1-5H3,(H,52,62)(H,50,51,53)(H,55,61,63)/t30-/m1/s1. The van der Waals surface area contributed by atoms with Gasteiger partial charge in [-0.2, -0.15) is 4.98 Å². The summed E-state index contributed by atoms with van der Waals surface area (Å²) in [4.78, 5) is 65.6. The summed E-state index contributed by atoms with van der Waals surface area (Å²) in [6.07, 6.45) is 6.27. The van der Waals surface area contributed by atoms with Crippen LogP contribution >= 0.6 is 0 Å². The van der Waals surface area contributed by atoms with Crippen molar-refractivity contribution in [3.63, 3.8) is 0 Å². The number of benzene rings is 2. The molecular weight excluding hydrogens is 823 g/mol. The Bertz CT molecular complexity index is 2780. The molecule has 65 heavy (non-hydrogen) atoms. The van der Waals surface area contributed by atoms with E-state index < -0.39 is 5.91 Å². The summed E-state index contributed by atoms with van der Waals surface area (Å²) in [6.45, 7) is 16.1. The molecule has 4 aliphatic heterocycles. The van der Waals surface area contributed by atoms with Gasteiger partial charge in [0.05, 0.1) is 29.7 Å². The van der Waals surface area contributed by atoms with Crippen molar-refractivity contribution in [2.45, 2.75) is 83.6 Å². The molecule has 1 atom stereocenters. The largest absolute Gasteiger partial charge is 0.476 e. The van der Waals surface area contributed by atoms with E-state index in [4.69, 9.17) is 19.2 Å². The number of hydrogen-bond donors (Lipinski definition) is 3. The molecule has 6 aromatic rings. The van der Waals surface area contributed by atoms with E-state index in [0.717, 1.165) is 115 Å². The number of carbonyl (C=O) groups excluding carboxylic acids is 3. The number of rotatable bonds is 9. The molecule has 336 valence electrons. The molecule has 0 bridgehead atoms. The van der Waals surface area contributed by atoms with Crippen LogP contribution in [0.4, 0.5) is 16.2 Å². The van der Waals surface area contributed by atoms with Crippen molar-refractivity contribution < 1.29 is 23.6 Å². The van der Waals surface area contributed by atoms with Crippen molar-refractivity contribution >= 4 is 40.3 Å². The smallest absolute Gasteiger partial charge is 0.328 e. The van der Waals surface area contributed by atoms with Gasteiger partial charge in [-0.25, -0.2) is 19.7 Å². The van der Waals surface area contributed by atoms with Crippen LogP contribution in [0.3, 0.4) is 0 Å². The summed E-state index contributed by atoms with van der Waals surface area (Å²) in [7, 11) is 0. The Hall–Kier alpha value is -6.68. The lowest BCUT2D eigenvalue weighted by atomic mass is 9.74. The Balaban J connectivity index is 0.748. The number of aryl methyl sites for hydroxylation is 1. The van der Waals surface area contributed by atoms with E-state index in [1.807, 2.05) is 58.9 Å². The van der Waals surface area contributed by atoms with Crippen molar-refractivity contribution in [3.05, 3.63) is 95.4 Å². The number of aromatic amines is 1. The summed E-state index contributed by atoms with van der Waals surface area (Å²) >= 11 is 0. The van der Waals surface area contributed by atoms with Gasteiger partial charge in [-0.3, -0.25) is 19.8 Å². The zero-order valence-corrected chi connectivity index (χ0v) is 37.6. The van der Waals surface area contributed by atoms with Crippen LogP contribution in [-0.4, -0.2) is 98.7 Å². The lowest BCUT2D eigenvalue weighted by Crippen LogP contribution is -2.49. The Morgan fingerprint density at radius 1 is 0.938 bits per heavy atom. The average Bonchev–Trinajstić information content (AvgIpc) is 4.06. The fourth-order valence-corrected chi connectivity index (χ4v) is 9.93. The van der Waals surface area contributed by atoms with Crippen LogP contribution in [0.2, 0.25) is 0 Å². The first kappa shape index (κ1) is 42.3. The average molecular weight is 878 g/mol. The molecule has 10 rings (SSSR count). The molecular formula is C49H55N11O5.